The predicted octanol–water partition coefficient (Wildman–Crippen LogP) is 3.14. The van der Waals surface area contributed by atoms with E-state index in [4.69, 9.17) is 4.74 Å². The first-order chi connectivity index (χ1) is 11.8. The number of ether oxygens (including phenoxy) is 1. The molecule has 1 N–H and O–H groups in total. The lowest BCUT2D eigenvalue weighted by Gasteiger charge is -2.10. The molecule has 9 heteroatoms. The second-order valence-corrected chi connectivity index (χ2v) is 5.30. The molecule has 0 heterocycles. The number of benzene rings is 2. The maximum Gasteiger partial charge on any atom is 0.274 e. The van der Waals surface area contributed by atoms with E-state index in [1.165, 1.54) is 30.3 Å². The Kier molecular flexibility index (Phi) is 5.28. The SMILES string of the molecule is Cc1cc([N+](=O)[O-])ccc1OCC(=O)Nc1ccc(C)c([N+](=O)[O-])c1. The third-order valence-corrected chi connectivity index (χ3v) is 3.42. The van der Waals surface area contributed by atoms with Gasteiger partial charge in [0.1, 0.15) is 5.75 Å². The van der Waals surface area contributed by atoms with E-state index in [2.05, 4.69) is 5.32 Å². The van der Waals surface area contributed by atoms with E-state index in [-0.39, 0.29) is 23.7 Å². The lowest BCUT2D eigenvalue weighted by atomic mass is 10.2. The van der Waals surface area contributed by atoms with Crippen molar-refractivity contribution in [3.05, 3.63) is 67.8 Å². The highest BCUT2D eigenvalue weighted by Gasteiger charge is 2.13. The van der Waals surface area contributed by atoms with Crippen molar-refractivity contribution in [1.29, 1.82) is 0 Å². The van der Waals surface area contributed by atoms with Crippen LogP contribution in [0.1, 0.15) is 11.1 Å². The Hall–Kier alpha value is -3.49. The van der Waals surface area contributed by atoms with Crippen molar-refractivity contribution in [2.75, 3.05) is 11.9 Å². The second-order valence-electron chi connectivity index (χ2n) is 5.30. The molecule has 0 aliphatic rings. The van der Waals surface area contributed by atoms with Gasteiger partial charge in [0.2, 0.25) is 0 Å². The summed E-state index contributed by atoms with van der Waals surface area (Å²) >= 11 is 0. The molecule has 2 aromatic rings. The number of nitro groups is 2. The minimum absolute atomic E-state index is 0.0683. The van der Waals surface area contributed by atoms with Gasteiger partial charge in [0.15, 0.2) is 6.61 Å². The summed E-state index contributed by atoms with van der Waals surface area (Å²) in [5.41, 5.74) is 1.13. The van der Waals surface area contributed by atoms with Gasteiger partial charge in [-0.25, -0.2) is 0 Å². The highest BCUT2D eigenvalue weighted by Crippen LogP contribution is 2.24. The smallest absolute Gasteiger partial charge is 0.274 e. The summed E-state index contributed by atoms with van der Waals surface area (Å²) in [6, 6.07) is 8.40. The quantitative estimate of drug-likeness (QED) is 0.633. The maximum absolute atomic E-state index is 11.9. The van der Waals surface area contributed by atoms with Gasteiger partial charge in [-0.1, -0.05) is 6.07 Å². The van der Waals surface area contributed by atoms with E-state index in [1.807, 2.05) is 0 Å². The van der Waals surface area contributed by atoms with Gasteiger partial charge in [0.05, 0.1) is 9.85 Å². The predicted molar refractivity (Wildman–Crippen MR) is 89.8 cm³/mol. The van der Waals surface area contributed by atoms with Gasteiger partial charge in [-0.3, -0.25) is 25.0 Å². The molecule has 130 valence electrons. The summed E-state index contributed by atoms with van der Waals surface area (Å²) in [5.74, 6) is -0.161. The summed E-state index contributed by atoms with van der Waals surface area (Å²) in [4.78, 5) is 32.5. The summed E-state index contributed by atoms with van der Waals surface area (Å²) in [5, 5.41) is 24.1. The van der Waals surface area contributed by atoms with Crippen molar-refractivity contribution in [3.8, 4) is 5.75 Å². The number of hydrogen-bond donors (Lipinski definition) is 1. The average Bonchev–Trinajstić information content (AvgIpc) is 2.55. The van der Waals surface area contributed by atoms with Crippen LogP contribution < -0.4 is 10.1 Å². The summed E-state index contributed by atoms with van der Waals surface area (Å²) in [7, 11) is 0. The van der Waals surface area contributed by atoms with Crippen LogP contribution >= 0.6 is 0 Å². The Bertz CT molecular complexity index is 850. The van der Waals surface area contributed by atoms with Crippen molar-refractivity contribution < 1.29 is 19.4 Å². The second kappa shape index (κ2) is 7.39. The van der Waals surface area contributed by atoms with E-state index in [0.717, 1.165) is 0 Å². The highest BCUT2D eigenvalue weighted by atomic mass is 16.6. The van der Waals surface area contributed by atoms with E-state index < -0.39 is 15.8 Å². The van der Waals surface area contributed by atoms with E-state index in [9.17, 15) is 25.0 Å². The summed E-state index contributed by atoms with van der Waals surface area (Å²) < 4.78 is 5.34. The number of nitrogens with zero attached hydrogens (tertiary/aromatic N) is 2. The minimum Gasteiger partial charge on any atom is -0.483 e. The number of rotatable bonds is 6. The molecule has 0 bridgehead atoms. The zero-order valence-electron chi connectivity index (χ0n) is 13.5. The van der Waals surface area contributed by atoms with Crippen LogP contribution in [0.15, 0.2) is 36.4 Å². The molecule has 9 nitrogen and oxygen atoms in total. The van der Waals surface area contributed by atoms with Crippen molar-refractivity contribution in [1.82, 2.24) is 0 Å². The molecule has 0 atom stereocenters. The summed E-state index contributed by atoms with van der Waals surface area (Å²) in [6.07, 6.45) is 0. The first-order valence-electron chi connectivity index (χ1n) is 7.20. The molecule has 0 aliphatic carbocycles. The molecule has 0 aliphatic heterocycles. The lowest BCUT2D eigenvalue weighted by molar-refractivity contribution is -0.385. The van der Waals surface area contributed by atoms with Crippen molar-refractivity contribution in [2.24, 2.45) is 0 Å². The number of non-ortho nitro benzene ring substituents is 1. The molecule has 2 aromatic carbocycles. The van der Waals surface area contributed by atoms with Gasteiger partial charge < -0.3 is 10.1 Å². The largest absolute Gasteiger partial charge is 0.483 e. The van der Waals surface area contributed by atoms with E-state index >= 15 is 0 Å². The minimum atomic E-state index is -0.526. The zero-order valence-corrected chi connectivity index (χ0v) is 13.5. The number of hydrogen-bond acceptors (Lipinski definition) is 6. The number of aryl methyl sites for hydroxylation is 2. The normalized spacial score (nSPS) is 10.2. The number of nitrogens with one attached hydrogen (secondary N) is 1. The number of carbonyl (C=O) groups is 1. The van der Waals surface area contributed by atoms with Gasteiger partial charge in [-0.05, 0) is 31.5 Å². The zero-order chi connectivity index (χ0) is 18.6. The van der Waals surface area contributed by atoms with E-state index in [0.29, 0.717) is 16.9 Å². The van der Waals surface area contributed by atoms with Crippen LogP contribution in [0.3, 0.4) is 0 Å². The Morgan fingerprint density at radius 2 is 1.76 bits per heavy atom. The molecule has 25 heavy (non-hydrogen) atoms. The monoisotopic (exact) mass is 345 g/mol. The molecule has 0 saturated carbocycles. The van der Waals surface area contributed by atoms with Gasteiger partial charge in [0, 0.05) is 29.4 Å². The van der Waals surface area contributed by atoms with Crippen molar-refractivity contribution in [3.63, 3.8) is 0 Å². The molecule has 0 spiro atoms. The molecule has 2 rings (SSSR count). The van der Waals surface area contributed by atoms with Crippen LogP contribution in [-0.2, 0) is 4.79 Å². The fourth-order valence-corrected chi connectivity index (χ4v) is 2.13. The van der Waals surface area contributed by atoms with Crippen LogP contribution in [0.2, 0.25) is 0 Å². The van der Waals surface area contributed by atoms with E-state index in [1.54, 1.807) is 19.9 Å². The first-order valence-corrected chi connectivity index (χ1v) is 7.20. The number of amides is 1. The molecule has 0 saturated heterocycles. The van der Waals surface area contributed by atoms with Crippen molar-refractivity contribution >= 4 is 23.0 Å². The van der Waals surface area contributed by atoms with Gasteiger partial charge in [-0.15, -0.1) is 0 Å². The molecule has 0 unspecified atom stereocenters. The fraction of sp³-hybridized carbons (Fsp3) is 0.188. The standard InChI is InChI=1S/C16H15N3O6/c1-10-3-4-12(8-14(10)19(23)24)17-16(20)9-25-15-6-5-13(18(21)22)7-11(15)2/h3-8H,9H2,1-2H3,(H,17,20). The van der Waals surface area contributed by atoms with Crippen LogP contribution in [0.25, 0.3) is 0 Å². The number of nitro benzene ring substituents is 2. The summed E-state index contributed by atoms with van der Waals surface area (Å²) in [6.45, 7) is 2.90. The van der Waals surface area contributed by atoms with Crippen LogP contribution in [0.4, 0.5) is 17.1 Å². The highest BCUT2D eigenvalue weighted by molar-refractivity contribution is 5.92. The molecular formula is C16H15N3O6. The molecule has 0 fully saturated rings. The maximum atomic E-state index is 11.9. The Morgan fingerprint density at radius 1 is 1.04 bits per heavy atom. The fourth-order valence-electron chi connectivity index (χ4n) is 2.13. The number of carbonyl (C=O) groups excluding carboxylic acids is 1. The lowest BCUT2D eigenvalue weighted by Crippen LogP contribution is -2.20. The Balaban J connectivity index is 2.01. The molecule has 1 amide bonds. The Labute approximate surface area is 142 Å². The van der Waals surface area contributed by atoms with Crippen molar-refractivity contribution in [2.45, 2.75) is 13.8 Å². The van der Waals surface area contributed by atoms with Crippen LogP contribution in [0.5, 0.6) is 5.75 Å². The van der Waals surface area contributed by atoms with Crippen LogP contribution in [0, 0.1) is 34.1 Å². The first kappa shape index (κ1) is 17.9. The van der Waals surface area contributed by atoms with Gasteiger partial charge >= 0.3 is 0 Å². The number of anilines is 1. The average molecular weight is 345 g/mol. The molecular weight excluding hydrogens is 330 g/mol. The van der Waals surface area contributed by atoms with Gasteiger partial charge in [0.25, 0.3) is 17.3 Å². The third kappa shape index (κ3) is 4.50. The third-order valence-electron chi connectivity index (χ3n) is 3.42. The van der Waals surface area contributed by atoms with Gasteiger partial charge in [-0.2, -0.15) is 0 Å². The topological polar surface area (TPSA) is 125 Å². The molecule has 0 radical (unpaired) electrons. The molecule has 0 aromatic heterocycles. The van der Waals surface area contributed by atoms with Crippen LogP contribution in [-0.4, -0.2) is 22.4 Å². The Morgan fingerprint density at radius 3 is 2.36 bits per heavy atom.